The summed E-state index contributed by atoms with van der Waals surface area (Å²) in [5.74, 6) is 0.338. The van der Waals surface area contributed by atoms with Crippen LogP contribution in [0.25, 0.3) is 0 Å². The zero-order valence-electron chi connectivity index (χ0n) is 10.3. The molecular weight excluding hydrogens is 230 g/mol. The van der Waals surface area contributed by atoms with Crippen LogP contribution in [-0.2, 0) is 0 Å². The van der Waals surface area contributed by atoms with Gasteiger partial charge in [-0.2, -0.15) is 0 Å². The van der Waals surface area contributed by atoms with Gasteiger partial charge in [0.2, 0.25) is 0 Å². The maximum Gasteiger partial charge on any atom is 0.255 e. The van der Waals surface area contributed by atoms with Crippen LogP contribution in [0.3, 0.4) is 0 Å². The Hall–Kier alpha value is -2.30. The second-order valence-electron chi connectivity index (χ2n) is 4.19. The molecule has 5 nitrogen and oxygen atoms in total. The summed E-state index contributed by atoms with van der Waals surface area (Å²) in [6.45, 7) is 3.68. The summed E-state index contributed by atoms with van der Waals surface area (Å²) in [4.78, 5) is 19.0. The summed E-state index contributed by atoms with van der Waals surface area (Å²) < 4.78 is 0. The third-order valence-electron chi connectivity index (χ3n) is 2.67. The molecule has 3 N–H and O–H groups in total. The van der Waals surface area contributed by atoms with Crippen LogP contribution in [0, 0.1) is 6.92 Å². The maximum absolute atomic E-state index is 12.0. The van der Waals surface area contributed by atoms with Crippen LogP contribution in [0.4, 0.5) is 0 Å². The van der Waals surface area contributed by atoms with E-state index in [-0.39, 0.29) is 23.3 Å². The first kappa shape index (κ1) is 12.2. The smallest absolute Gasteiger partial charge is 0.255 e. The summed E-state index contributed by atoms with van der Waals surface area (Å²) in [5.41, 5.74) is 1.17. The molecule has 0 aliphatic heterocycles. The first-order chi connectivity index (χ1) is 8.58. The van der Waals surface area contributed by atoms with Gasteiger partial charge in [0.15, 0.2) is 0 Å². The zero-order valence-corrected chi connectivity index (χ0v) is 10.3. The quantitative estimate of drug-likeness (QED) is 0.773. The van der Waals surface area contributed by atoms with Crippen LogP contribution < -0.4 is 5.32 Å². The SMILES string of the molecule is Cc1ccc(C(=O)NC(C)c2ncc[nH]2)c(O)c1. The number of phenols is 1. The van der Waals surface area contributed by atoms with E-state index in [0.29, 0.717) is 5.82 Å². The van der Waals surface area contributed by atoms with Crippen molar-refractivity contribution in [1.29, 1.82) is 0 Å². The van der Waals surface area contributed by atoms with Crippen LogP contribution in [-0.4, -0.2) is 21.0 Å². The molecule has 5 heteroatoms. The molecule has 18 heavy (non-hydrogen) atoms. The van der Waals surface area contributed by atoms with E-state index in [0.717, 1.165) is 5.56 Å². The molecule has 0 aliphatic carbocycles. The van der Waals surface area contributed by atoms with Crippen molar-refractivity contribution in [2.45, 2.75) is 19.9 Å². The summed E-state index contributed by atoms with van der Waals surface area (Å²) >= 11 is 0. The van der Waals surface area contributed by atoms with Gasteiger partial charge in [-0.05, 0) is 31.5 Å². The third kappa shape index (κ3) is 2.51. The largest absolute Gasteiger partial charge is 0.507 e. The number of H-pyrrole nitrogens is 1. The van der Waals surface area contributed by atoms with Gasteiger partial charge in [-0.15, -0.1) is 0 Å². The molecule has 0 bridgehead atoms. The van der Waals surface area contributed by atoms with Crippen molar-refractivity contribution in [1.82, 2.24) is 15.3 Å². The minimum absolute atomic E-state index is 0.0147. The Morgan fingerprint density at radius 3 is 2.89 bits per heavy atom. The molecule has 1 amide bonds. The third-order valence-corrected chi connectivity index (χ3v) is 2.67. The number of imidazole rings is 1. The van der Waals surface area contributed by atoms with Crippen LogP contribution in [0.1, 0.15) is 34.7 Å². The van der Waals surface area contributed by atoms with E-state index in [4.69, 9.17) is 0 Å². The van der Waals surface area contributed by atoms with Crippen LogP contribution in [0.5, 0.6) is 5.75 Å². The van der Waals surface area contributed by atoms with Gasteiger partial charge < -0.3 is 15.4 Å². The van der Waals surface area contributed by atoms with Crippen LogP contribution >= 0.6 is 0 Å². The number of aromatic hydroxyl groups is 1. The second kappa shape index (κ2) is 4.91. The first-order valence-electron chi connectivity index (χ1n) is 5.67. The lowest BCUT2D eigenvalue weighted by Crippen LogP contribution is -2.27. The fourth-order valence-electron chi connectivity index (χ4n) is 1.69. The highest BCUT2D eigenvalue weighted by Gasteiger charge is 2.15. The molecule has 1 aromatic carbocycles. The van der Waals surface area contributed by atoms with Gasteiger partial charge in [0, 0.05) is 12.4 Å². The number of benzene rings is 1. The van der Waals surface area contributed by atoms with E-state index >= 15 is 0 Å². The number of carbonyl (C=O) groups is 1. The average Bonchev–Trinajstić information content (AvgIpc) is 2.81. The second-order valence-corrected chi connectivity index (χ2v) is 4.19. The number of rotatable bonds is 3. The average molecular weight is 245 g/mol. The number of amides is 1. The van der Waals surface area contributed by atoms with Crippen molar-refractivity contribution in [2.75, 3.05) is 0 Å². The number of aryl methyl sites for hydroxylation is 1. The topological polar surface area (TPSA) is 78.0 Å². The summed E-state index contributed by atoms with van der Waals surface area (Å²) in [7, 11) is 0. The molecule has 0 fully saturated rings. The number of aromatic amines is 1. The molecule has 94 valence electrons. The monoisotopic (exact) mass is 245 g/mol. The lowest BCUT2D eigenvalue weighted by Gasteiger charge is -2.12. The van der Waals surface area contributed by atoms with Crippen LogP contribution in [0.15, 0.2) is 30.6 Å². The minimum Gasteiger partial charge on any atom is -0.507 e. The van der Waals surface area contributed by atoms with E-state index in [1.54, 1.807) is 30.6 Å². The van der Waals surface area contributed by atoms with Crippen molar-refractivity contribution < 1.29 is 9.90 Å². The number of aromatic nitrogens is 2. The van der Waals surface area contributed by atoms with Crippen molar-refractivity contribution in [3.8, 4) is 5.75 Å². The van der Waals surface area contributed by atoms with Crippen LogP contribution in [0.2, 0.25) is 0 Å². The van der Waals surface area contributed by atoms with Crippen molar-refractivity contribution in [3.05, 3.63) is 47.5 Å². The number of phenolic OH excluding ortho intramolecular Hbond substituents is 1. The molecule has 1 aromatic heterocycles. The van der Waals surface area contributed by atoms with Gasteiger partial charge in [-0.1, -0.05) is 6.07 Å². The maximum atomic E-state index is 12.0. The molecule has 1 heterocycles. The minimum atomic E-state index is -0.323. The normalized spacial score (nSPS) is 12.1. The van der Waals surface area contributed by atoms with Crippen molar-refractivity contribution in [2.24, 2.45) is 0 Å². The lowest BCUT2D eigenvalue weighted by atomic mass is 10.1. The molecular formula is C13H15N3O2. The Morgan fingerprint density at radius 1 is 1.50 bits per heavy atom. The van der Waals surface area contributed by atoms with Crippen molar-refractivity contribution in [3.63, 3.8) is 0 Å². The van der Waals surface area contributed by atoms with E-state index in [1.807, 2.05) is 13.8 Å². The standard InChI is InChI=1S/C13H15N3O2/c1-8-3-4-10(11(17)7-8)13(18)16-9(2)12-14-5-6-15-12/h3-7,9,17H,1-2H3,(H,14,15)(H,16,18). The van der Waals surface area contributed by atoms with Gasteiger partial charge in [0.05, 0.1) is 11.6 Å². The summed E-state index contributed by atoms with van der Waals surface area (Å²) in [6, 6.07) is 4.71. The van der Waals surface area contributed by atoms with E-state index in [1.165, 1.54) is 0 Å². The Bertz CT molecular complexity index is 549. The van der Waals surface area contributed by atoms with Gasteiger partial charge in [0.1, 0.15) is 11.6 Å². The molecule has 1 atom stereocenters. The molecule has 0 saturated heterocycles. The number of carbonyl (C=O) groups excluding carboxylic acids is 1. The molecule has 0 radical (unpaired) electrons. The molecule has 0 aliphatic rings. The molecule has 1 unspecified atom stereocenters. The predicted octanol–water partition coefficient (Wildman–Crippen LogP) is 1.91. The van der Waals surface area contributed by atoms with Gasteiger partial charge in [0.25, 0.3) is 5.91 Å². The van der Waals surface area contributed by atoms with E-state index < -0.39 is 0 Å². The summed E-state index contributed by atoms with van der Waals surface area (Å²) in [6.07, 6.45) is 3.32. The van der Waals surface area contributed by atoms with Gasteiger partial charge >= 0.3 is 0 Å². The molecule has 0 saturated carbocycles. The highest BCUT2D eigenvalue weighted by Crippen LogP contribution is 2.19. The van der Waals surface area contributed by atoms with Gasteiger partial charge in [-0.3, -0.25) is 4.79 Å². The summed E-state index contributed by atoms with van der Waals surface area (Å²) in [5, 5.41) is 12.5. The number of nitrogens with one attached hydrogen (secondary N) is 2. The Balaban J connectivity index is 2.12. The fraction of sp³-hybridized carbons (Fsp3) is 0.231. The number of nitrogens with zero attached hydrogens (tertiary/aromatic N) is 1. The molecule has 0 spiro atoms. The highest BCUT2D eigenvalue weighted by molar-refractivity contribution is 5.97. The van der Waals surface area contributed by atoms with E-state index in [9.17, 15) is 9.90 Å². The molecule has 2 rings (SSSR count). The fourth-order valence-corrected chi connectivity index (χ4v) is 1.69. The van der Waals surface area contributed by atoms with Crippen molar-refractivity contribution >= 4 is 5.91 Å². The zero-order chi connectivity index (χ0) is 13.1. The first-order valence-corrected chi connectivity index (χ1v) is 5.67. The number of hydrogen-bond donors (Lipinski definition) is 3. The van der Waals surface area contributed by atoms with Gasteiger partial charge in [-0.25, -0.2) is 4.98 Å². The lowest BCUT2D eigenvalue weighted by molar-refractivity contribution is 0.0935. The Kier molecular flexibility index (Phi) is 3.32. The molecule has 2 aromatic rings. The Morgan fingerprint density at radius 2 is 2.28 bits per heavy atom. The highest BCUT2D eigenvalue weighted by atomic mass is 16.3. The number of hydrogen-bond acceptors (Lipinski definition) is 3. The van der Waals surface area contributed by atoms with E-state index in [2.05, 4.69) is 15.3 Å². The Labute approximate surface area is 105 Å². The predicted molar refractivity (Wildman–Crippen MR) is 67.3 cm³/mol.